The molecule has 1 rings (SSSR count). The molecule has 1 aromatic rings. The van der Waals surface area contributed by atoms with Gasteiger partial charge in [0, 0.05) is 20.6 Å². The first kappa shape index (κ1) is 14.0. The summed E-state index contributed by atoms with van der Waals surface area (Å²) in [5.74, 6) is 0.559. The topological polar surface area (TPSA) is 44.8 Å². The van der Waals surface area contributed by atoms with Crippen LogP contribution in [0.15, 0.2) is 42.2 Å². The Bertz CT molecular complexity index is 406. The van der Waals surface area contributed by atoms with Gasteiger partial charge in [0.1, 0.15) is 5.76 Å². The van der Waals surface area contributed by atoms with E-state index in [0.29, 0.717) is 12.2 Å². The summed E-state index contributed by atoms with van der Waals surface area (Å²) in [4.78, 5) is 0. The number of phosphoric acid groups is 1. The second kappa shape index (κ2) is 6.60. The first-order valence-corrected chi connectivity index (χ1v) is 6.70. The van der Waals surface area contributed by atoms with Gasteiger partial charge < -0.3 is 4.52 Å². The van der Waals surface area contributed by atoms with Gasteiger partial charge in [-0.25, -0.2) is 4.57 Å². The van der Waals surface area contributed by atoms with Crippen LogP contribution in [0.1, 0.15) is 12.5 Å². The molecule has 0 aliphatic carbocycles. The van der Waals surface area contributed by atoms with E-state index in [4.69, 9.17) is 13.6 Å². The SMILES string of the molecule is CC=C(Cc1ccccc1)OP(=O)(OC)OC. The Morgan fingerprint density at radius 3 is 2.29 bits per heavy atom. The standard InChI is InChI=1S/C12H17O4P/c1-4-12(16-17(13,14-2)15-3)10-11-8-6-5-7-9-11/h4-9H,10H2,1-3H3. The highest BCUT2D eigenvalue weighted by Gasteiger charge is 2.25. The van der Waals surface area contributed by atoms with Crippen molar-refractivity contribution in [3.8, 4) is 0 Å². The maximum atomic E-state index is 11.8. The van der Waals surface area contributed by atoms with Crippen molar-refractivity contribution in [2.45, 2.75) is 13.3 Å². The summed E-state index contributed by atoms with van der Waals surface area (Å²) < 4.78 is 26.5. The van der Waals surface area contributed by atoms with Crippen molar-refractivity contribution < 1.29 is 18.1 Å². The molecule has 0 heterocycles. The zero-order valence-electron chi connectivity index (χ0n) is 10.3. The minimum Gasteiger partial charge on any atom is -0.409 e. The van der Waals surface area contributed by atoms with Gasteiger partial charge in [-0.1, -0.05) is 30.3 Å². The molecule has 1 aromatic carbocycles. The fraction of sp³-hybridized carbons (Fsp3) is 0.333. The Kier molecular flexibility index (Phi) is 5.42. The van der Waals surface area contributed by atoms with Gasteiger partial charge >= 0.3 is 7.82 Å². The monoisotopic (exact) mass is 256 g/mol. The van der Waals surface area contributed by atoms with Crippen molar-refractivity contribution in [3.63, 3.8) is 0 Å². The molecular weight excluding hydrogens is 239 g/mol. The lowest BCUT2D eigenvalue weighted by molar-refractivity contribution is 0.181. The fourth-order valence-electron chi connectivity index (χ4n) is 1.28. The maximum Gasteiger partial charge on any atom is 0.529 e. The zero-order chi connectivity index (χ0) is 12.7. The lowest BCUT2D eigenvalue weighted by Crippen LogP contribution is -1.98. The number of hydrogen-bond donors (Lipinski definition) is 0. The maximum absolute atomic E-state index is 11.8. The van der Waals surface area contributed by atoms with Crippen molar-refractivity contribution >= 4 is 7.82 Å². The highest BCUT2D eigenvalue weighted by atomic mass is 31.2. The molecule has 0 saturated carbocycles. The second-order valence-electron chi connectivity index (χ2n) is 3.32. The van der Waals surface area contributed by atoms with Crippen LogP contribution in [0, 0.1) is 0 Å². The molecule has 0 unspecified atom stereocenters. The number of phosphoric ester groups is 1. The van der Waals surface area contributed by atoms with Crippen molar-refractivity contribution in [2.24, 2.45) is 0 Å². The van der Waals surface area contributed by atoms with E-state index in [1.54, 1.807) is 6.08 Å². The van der Waals surface area contributed by atoms with E-state index in [1.807, 2.05) is 37.3 Å². The molecule has 0 saturated heterocycles. The molecule has 94 valence electrons. The quantitative estimate of drug-likeness (QED) is 0.576. The van der Waals surface area contributed by atoms with Crippen LogP contribution < -0.4 is 0 Å². The summed E-state index contributed by atoms with van der Waals surface area (Å²) in [5.41, 5.74) is 1.07. The molecule has 4 nitrogen and oxygen atoms in total. The third kappa shape index (κ3) is 4.35. The van der Waals surface area contributed by atoms with Crippen LogP contribution in [0.2, 0.25) is 0 Å². The van der Waals surface area contributed by atoms with Gasteiger partial charge in [-0.05, 0) is 18.6 Å². The number of rotatable bonds is 6. The summed E-state index contributed by atoms with van der Waals surface area (Å²) in [5, 5.41) is 0. The van der Waals surface area contributed by atoms with Gasteiger partial charge in [-0.15, -0.1) is 0 Å². The van der Waals surface area contributed by atoms with Crippen LogP contribution in [0.3, 0.4) is 0 Å². The zero-order valence-corrected chi connectivity index (χ0v) is 11.1. The van der Waals surface area contributed by atoms with Crippen LogP contribution in [0.5, 0.6) is 0 Å². The van der Waals surface area contributed by atoms with E-state index in [-0.39, 0.29) is 0 Å². The summed E-state index contributed by atoms with van der Waals surface area (Å²) in [7, 11) is -0.876. The van der Waals surface area contributed by atoms with Crippen molar-refractivity contribution in [1.29, 1.82) is 0 Å². The van der Waals surface area contributed by atoms with Crippen molar-refractivity contribution in [2.75, 3.05) is 14.2 Å². The first-order valence-electron chi connectivity index (χ1n) is 5.23. The highest BCUT2D eigenvalue weighted by Crippen LogP contribution is 2.49. The van der Waals surface area contributed by atoms with Gasteiger partial charge in [0.15, 0.2) is 0 Å². The molecule has 0 amide bonds. The van der Waals surface area contributed by atoms with E-state index in [9.17, 15) is 4.57 Å². The Hall–Kier alpha value is -1.09. The summed E-state index contributed by atoms with van der Waals surface area (Å²) in [6, 6.07) is 9.76. The normalized spacial score (nSPS) is 12.5. The van der Waals surface area contributed by atoms with Gasteiger partial charge in [-0.2, -0.15) is 0 Å². The average molecular weight is 256 g/mol. The second-order valence-corrected chi connectivity index (χ2v) is 5.13. The lowest BCUT2D eigenvalue weighted by Gasteiger charge is -2.16. The molecule has 17 heavy (non-hydrogen) atoms. The molecule has 0 fully saturated rings. The average Bonchev–Trinajstić information content (AvgIpc) is 2.39. The molecule has 0 aromatic heterocycles. The van der Waals surface area contributed by atoms with Crippen LogP contribution in [-0.2, 0) is 24.6 Å². The molecule has 0 atom stereocenters. The Morgan fingerprint density at radius 2 is 1.82 bits per heavy atom. The van der Waals surface area contributed by atoms with Crippen molar-refractivity contribution in [1.82, 2.24) is 0 Å². The minimum absolute atomic E-state index is 0.550. The van der Waals surface area contributed by atoms with E-state index in [1.165, 1.54) is 14.2 Å². The van der Waals surface area contributed by atoms with Gasteiger partial charge in [0.05, 0.1) is 0 Å². The van der Waals surface area contributed by atoms with Crippen LogP contribution in [0.4, 0.5) is 0 Å². The highest BCUT2D eigenvalue weighted by molar-refractivity contribution is 7.48. The van der Waals surface area contributed by atoms with Crippen LogP contribution >= 0.6 is 7.82 Å². The Balaban J connectivity index is 2.72. The molecule has 0 N–H and O–H groups in total. The third-order valence-electron chi connectivity index (χ3n) is 2.22. The molecular formula is C12H17O4P. The summed E-state index contributed by atoms with van der Waals surface area (Å²) in [6.07, 6.45) is 2.30. The molecule has 5 heteroatoms. The number of benzene rings is 1. The summed E-state index contributed by atoms with van der Waals surface area (Å²) >= 11 is 0. The van der Waals surface area contributed by atoms with E-state index < -0.39 is 7.82 Å². The molecule has 0 spiro atoms. The van der Waals surface area contributed by atoms with E-state index in [0.717, 1.165) is 5.56 Å². The predicted molar refractivity (Wildman–Crippen MR) is 66.6 cm³/mol. The van der Waals surface area contributed by atoms with Gasteiger partial charge in [-0.3, -0.25) is 9.05 Å². The Morgan fingerprint density at radius 1 is 1.24 bits per heavy atom. The third-order valence-corrected chi connectivity index (χ3v) is 3.57. The first-order chi connectivity index (χ1) is 8.13. The van der Waals surface area contributed by atoms with Gasteiger partial charge in [0.25, 0.3) is 0 Å². The minimum atomic E-state index is -3.46. The molecule has 0 bridgehead atoms. The largest absolute Gasteiger partial charge is 0.529 e. The van der Waals surface area contributed by atoms with Gasteiger partial charge in [0.2, 0.25) is 0 Å². The molecule has 0 aliphatic heterocycles. The smallest absolute Gasteiger partial charge is 0.409 e. The Labute approximate surface area is 102 Å². The summed E-state index contributed by atoms with van der Waals surface area (Å²) in [6.45, 7) is 1.81. The fourth-order valence-corrected chi connectivity index (χ4v) is 2.03. The van der Waals surface area contributed by atoms with E-state index in [2.05, 4.69) is 0 Å². The van der Waals surface area contributed by atoms with E-state index >= 15 is 0 Å². The van der Waals surface area contributed by atoms with Crippen LogP contribution in [0.25, 0.3) is 0 Å². The predicted octanol–water partition coefficient (Wildman–Crippen LogP) is 3.55. The van der Waals surface area contributed by atoms with Crippen molar-refractivity contribution in [3.05, 3.63) is 47.7 Å². The number of allylic oxidation sites excluding steroid dienone is 2. The number of hydrogen-bond acceptors (Lipinski definition) is 4. The lowest BCUT2D eigenvalue weighted by atomic mass is 10.1. The van der Waals surface area contributed by atoms with Crippen LogP contribution in [-0.4, -0.2) is 14.2 Å². The molecule has 0 aliphatic rings. The molecule has 0 radical (unpaired) electrons.